The van der Waals surface area contributed by atoms with E-state index in [0.29, 0.717) is 5.70 Å². The molecule has 1 aromatic rings. The Morgan fingerprint density at radius 1 is 1.50 bits per heavy atom. The van der Waals surface area contributed by atoms with Crippen molar-refractivity contribution in [1.29, 1.82) is 5.26 Å². The highest BCUT2D eigenvalue weighted by Crippen LogP contribution is 2.22. The highest BCUT2D eigenvalue weighted by Gasteiger charge is 2.14. The lowest BCUT2D eigenvalue weighted by molar-refractivity contribution is -0.125. The Morgan fingerprint density at radius 2 is 2.17 bits per heavy atom. The van der Waals surface area contributed by atoms with E-state index in [1.54, 1.807) is 5.41 Å². The van der Waals surface area contributed by atoms with Gasteiger partial charge in [-0.2, -0.15) is 5.26 Å². The van der Waals surface area contributed by atoms with Gasteiger partial charge in [-0.3, -0.25) is 9.69 Å². The van der Waals surface area contributed by atoms with E-state index in [0.717, 1.165) is 17.3 Å². The van der Waals surface area contributed by atoms with E-state index >= 15 is 0 Å². The second kappa shape index (κ2) is 7.21. The molecule has 90 valence electrons. The zero-order valence-corrected chi connectivity index (χ0v) is 10.8. The molecule has 0 heterocycles. The average molecular weight is 256 g/mol. The summed E-state index contributed by atoms with van der Waals surface area (Å²) in [6.45, 7) is 1.63. The molecule has 0 aliphatic heterocycles. The van der Waals surface area contributed by atoms with Crippen LogP contribution in [-0.4, -0.2) is 17.4 Å². The molecule has 0 aliphatic carbocycles. The summed E-state index contributed by atoms with van der Waals surface area (Å²) < 4.78 is 0. The maximum absolute atomic E-state index is 11.6. The van der Waals surface area contributed by atoms with Crippen molar-refractivity contribution in [3.8, 4) is 17.7 Å². The zero-order valence-electron chi connectivity index (χ0n) is 9.96. The van der Waals surface area contributed by atoms with Crippen molar-refractivity contribution in [3.63, 3.8) is 0 Å². The lowest BCUT2D eigenvalue weighted by atomic mass is 10.1. The molecule has 0 fully saturated rings. The van der Waals surface area contributed by atoms with Gasteiger partial charge >= 0.3 is 0 Å². The third-order valence-electron chi connectivity index (χ3n) is 2.21. The molecule has 0 radical (unpaired) electrons. The SMILES string of the molecule is C#CCN(C(C)=O)/C(=C/SC#N)c1ccccc1. The first-order valence-electron chi connectivity index (χ1n) is 5.22. The number of carbonyl (C=O) groups is 1. The van der Waals surface area contributed by atoms with Crippen LogP contribution >= 0.6 is 11.8 Å². The Bertz CT molecular complexity index is 523. The highest BCUT2D eigenvalue weighted by atomic mass is 32.2. The van der Waals surface area contributed by atoms with Crippen molar-refractivity contribution in [2.24, 2.45) is 0 Å². The number of benzene rings is 1. The number of carbonyl (C=O) groups excluding carboxylic acids is 1. The van der Waals surface area contributed by atoms with Crippen molar-refractivity contribution in [1.82, 2.24) is 4.90 Å². The predicted molar refractivity (Wildman–Crippen MR) is 73.8 cm³/mol. The number of amides is 1. The standard InChI is InChI=1S/C14H12N2OS/c1-3-9-16(12(2)17)14(10-18-11-15)13-7-5-4-6-8-13/h1,4-8,10H,9H2,2H3/b14-10+. The highest BCUT2D eigenvalue weighted by molar-refractivity contribution is 8.06. The van der Waals surface area contributed by atoms with Crippen LogP contribution in [0.5, 0.6) is 0 Å². The Hall–Kier alpha value is -2.17. The van der Waals surface area contributed by atoms with Gasteiger partial charge in [0.15, 0.2) is 0 Å². The molecule has 0 aliphatic rings. The van der Waals surface area contributed by atoms with Gasteiger partial charge in [-0.15, -0.1) is 6.42 Å². The van der Waals surface area contributed by atoms with Crippen molar-refractivity contribution < 1.29 is 4.79 Å². The fourth-order valence-electron chi connectivity index (χ4n) is 1.44. The number of thiocyanates is 1. The molecule has 0 aromatic heterocycles. The summed E-state index contributed by atoms with van der Waals surface area (Å²) in [5, 5.41) is 12.2. The van der Waals surface area contributed by atoms with Crippen LogP contribution < -0.4 is 0 Å². The Balaban J connectivity index is 3.18. The van der Waals surface area contributed by atoms with Crippen molar-refractivity contribution >= 4 is 23.4 Å². The minimum Gasteiger partial charge on any atom is -0.300 e. The minimum absolute atomic E-state index is 0.151. The van der Waals surface area contributed by atoms with E-state index in [9.17, 15) is 4.79 Å². The lowest BCUT2D eigenvalue weighted by Gasteiger charge is -2.21. The van der Waals surface area contributed by atoms with E-state index in [1.165, 1.54) is 11.8 Å². The van der Waals surface area contributed by atoms with E-state index in [-0.39, 0.29) is 12.5 Å². The van der Waals surface area contributed by atoms with Gasteiger partial charge in [-0.25, -0.2) is 0 Å². The van der Waals surface area contributed by atoms with Crippen molar-refractivity contribution in [3.05, 3.63) is 41.3 Å². The van der Waals surface area contributed by atoms with E-state index in [2.05, 4.69) is 5.92 Å². The molecule has 1 rings (SSSR count). The van der Waals surface area contributed by atoms with Crippen LogP contribution in [0.25, 0.3) is 5.70 Å². The molecular formula is C14H12N2OS. The van der Waals surface area contributed by atoms with Gasteiger partial charge in [0.2, 0.25) is 5.91 Å². The molecule has 18 heavy (non-hydrogen) atoms. The van der Waals surface area contributed by atoms with Gasteiger partial charge in [0.1, 0.15) is 5.40 Å². The second-order valence-corrected chi connectivity index (χ2v) is 4.04. The van der Waals surface area contributed by atoms with Gasteiger partial charge in [-0.05, 0) is 17.3 Å². The molecule has 0 saturated carbocycles. The van der Waals surface area contributed by atoms with Crippen molar-refractivity contribution in [2.45, 2.75) is 6.92 Å². The number of rotatable bonds is 4. The average Bonchev–Trinajstić information content (AvgIpc) is 2.39. The summed E-state index contributed by atoms with van der Waals surface area (Å²) in [4.78, 5) is 13.1. The van der Waals surface area contributed by atoms with Gasteiger partial charge in [-0.1, -0.05) is 36.3 Å². The molecule has 3 nitrogen and oxygen atoms in total. The molecule has 0 spiro atoms. The Kier molecular flexibility index (Phi) is 5.57. The van der Waals surface area contributed by atoms with Gasteiger partial charge in [0.25, 0.3) is 0 Å². The first kappa shape index (κ1) is 13.9. The number of hydrogen-bond donors (Lipinski definition) is 0. The van der Waals surface area contributed by atoms with Crippen LogP contribution in [0.15, 0.2) is 35.7 Å². The molecule has 0 unspecified atom stereocenters. The van der Waals surface area contributed by atoms with E-state index in [1.807, 2.05) is 35.7 Å². The first-order chi connectivity index (χ1) is 8.70. The molecular weight excluding hydrogens is 244 g/mol. The molecule has 0 saturated heterocycles. The van der Waals surface area contributed by atoms with Crippen LogP contribution in [0.4, 0.5) is 0 Å². The number of hydrogen-bond acceptors (Lipinski definition) is 3. The Morgan fingerprint density at radius 3 is 2.67 bits per heavy atom. The maximum atomic E-state index is 11.6. The second-order valence-electron chi connectivity index (χ2n) is 3.39. The molecule has 1 amide bonds. The third-order valence-corrected chi connectivity index (χ3v) is 2.66. The smallest absolute Gasteiger partial charge is 0.224 e. The van der Waals surface area contributed by atoms with Crippen LogP contribution in [-0.2, 0) is 4.79 Å². The molecule has 0 atom stereocenters. The van der Waals surface area contributed by atoms with Crippen LogP contribution in [0.3, 0.4) is 0 Å². The molecule has 1 aromatic carbocycles. The summed E-state index contributed by atoms with van der Waals surface area (Å²) in [5.74, 6) is 2.30. The molecule has 0 N–H and O–H groups in total. The van der Waals surface area contributed by atoms with Gasteiger partial charge in [0.05, 0.1) is 12.2 Å². The Labute approximate surface area is 111 Å². The topological polar surface area (TPSA) is 44.1 Å². The fourth-order valence-corrected chi connectivity index (χ4v) is 1.86. The van der Waals surface area contributed by atoms with Gasteiger partial charge < -0.3 is 0 Å². The third kappa shape index (κ3) is 3.69. The number of terminal acetylenes is 1. The van der Waals surface area contributed by atoms with Crippen LogP contribution in [0, 0.1) is 23.0 Å². The summed E-state index contributed by atoms with van der Waals surface area (Å²) in [6, 6.07) is 9.37. The monoisotopic (exact) mass is 256 g/mol. The fraction of sp³-hybridized carbons (Fsp3) is 0.143. The normalized spacial score (nSPS) is 10.3. The number of thioether (sulfide) groups is 1. The summed E-state index contributed by atoms with van der Waals surface area (Å²) in [6.07, 6.45) is 5.27. The van der Waals surface area contributed by atoms with Gasteiger partial charge in [0, 0.05) is 12.3 Å². The number of nitrogens with zero attached hydrogens (tertiary/aromatic N) is 2. The molecule has 4 heteroatoms. The molecule has 0 bridgehead atoms. The van der Waals surface area contributed by atoms with Crippen LogP contribution in [0.2, 0.25) is 0 Å². The largest absolute Gasteiger partial charge is 0.300 e. The predicted octanol–water partition coefficient (Wildman–Crippen LogP) is 2.68. The first-order valence-corrected chi connectivity index (χ1v) is 6.10. The summed E-state index contributed by atoms with van der Waals surface area (Å²) in [5.41, 5.74) is 1.50. The minimum atomic E-state index is -0.151. The van der Waals surface area contributed by atoms with E-state index in [4.69, 9.17) is 11.7 Å². The lowest BCUT2D eigenvalue weighted by Crippen LogP contribution is -2.27. The van der Waals surface area contributed by atoms with E-state index < -0.39 is 0 Å². The van der Waals surface area contributed by atoms with Crippen LogP contribution in [0.1, 0.15) is 12.5 Å². The van der Waals surface area contributed by atoms with Crippen molar-refractivity contribution in [2.75, 3.05) is 6.54 Å². The summed E-state index contributed by atoms with van der Waals surface area (Å²) in [7, 11) is 0. The number of nitriles is 1. The summed E-state index contributed by atoms with van der Waals surface area (Å²) >= 11 is 0.964. The maximum Gasteiger partial charge on any atom is 0.224 e. The quantitative estimate of drug-likeness (QED) is 0.614. The zero-order chi connectivity index (χ0) is 13.4.